The minimum Gasteiger partial charge on any atom is -0.376 e. The third-order valence-corrected chi connectivity index (χ3v) is 5.83. The molecule has 0 spiro atoms. The van der Waals surface area contributed by atoms with Gasteiger partial charge in [-0.15, -0.1) is 9.42 Å². The van der Waals surface area contributed by atoms with E-state index in [0.717, 1.165) is 4.57 Å². The molecular weight excluding hydrogens is 488 g/mol. The highest BCUT2D eigenvalue weighted by molar-refractivity contribution is 7.47. The molecule has 1 aromatic rings. The van der Waals surface area contributed by atoms with E-state index in [1.165, 1.54) is 20.0 Å². The number of nitrogens with zero attached hydrogens (tertiary/aromatic N) is 1. The number of aromatic nitrogens is 2. The summed E-state index contributed by atoms with van der Waals surface area (Å²) in [7, 11) is -7.30. The standard InChI is InChI=1S/C16H25N3O12P2/c1-10-8-19(16(22)18-15(10)21)14-7-12(31-32(23)24)13(30-14)9-27-5-6-29-33(25,26)28-4-3-17-11(2)20/h8,12-14H,3-7,9H2,1-2H3,(H3-,17,18,20,21,22,23,24,25,26)/p+1/t12-,13+,14+/m0/s1. The van der Waals surface area contributed by atoms with Gasteiger partial charge in [0.25, 0.3) is 5.56 Å². The topological polar surface area (TPSA) is 205 Å². The molecule has 1 saturated heterocycles. The van der Waals surface area contributed by atoms with E-state index in [1.807, 2.05) is 0 Å². The molecule has 2 heterocycles. The van der Waals surface area contributed by atoms with Crippen LogP contribution in [0.15, 0.2) is 15.8 Å². The lowest BCUT2D eigenvalue weighted by atomic mass is 10.2. The first-order valence-electron chi connectivity index (χ1n) is 9.73. The van der Waals surface area contributed by atoms with Gasteiger partial charge < -0.3 is 19.7 Å². The van der Waals surface area contributed by atoms with Crippen LogP contribution in [0.3, 0.4) is 0 Å². The molecule has 1 amide bonds. The summed E-state index contributed by atoms with van der Waals surface area (Å²) in [4.78, 5) is 55.1. The molecule has 4 N–H and O–H groups in total. The van der Waals surface area contributed by atoms with Gasteiger partial charge >= 0.3 is 21.8 Å². The van der Waals surface area contributed by atoms with Crippen LogP contribution < -0.4 is 16.6 Å². The van der Waals surface area contributed by atoms with Gasteiger partial charge in [-0.3, -0.25) is 28.2 Å². The summed E-state index contributed by atoms with van der Waals surface area (Å²) in [5.41, 5.74) is -0.982. The van der Waals surface area contributed by atoms with Gasteiger partial charge in [0.1, 0.15) is 18.4 Å². The Balaban J connectivity index is 1.84. The number of nitrogens with one attached hydrogen (secondary N) is 2. The van der Waals surface area contributed by atoms with Gasteiger partial charge in [-0.2, -0.15) is 0 Å². The van der Waals surface area contributed by atoms with E-state index in [0.29, 0.717) is 0 Å². The second-order valence-corrected chi connectivity index (χ2v) is 9.06. The number of rotatable bonds is 13. The average Bonchev–Trinajstić information content (AvgIpc) is 3.09. The third-order valence-electron chi connectivity index (χ3n) is 4.36. The van der Waals surface area contributed by atoms with Crippen LogP contribution in [0.2, 0.25) is 0 Å². The predicted octanol–water partition coefficient (Wildman–Crippen LogP) is -0.546. The number of amides is 1. The molecule has 0 saturated carbocycles. The average molecular weight is 514 g/mol. The van der Waals surface area contributed by atoms with Crippen molar-refractivity contribution in [3.63, 3.8) is 0 Å². The Morgan fingerprint density at radius 3 is 2.73 bits per heavy atom. The van der Waals surface area contributed by atoms with Crippen molar-refractivity contribution in [1.82, 2.24) is 14.9 Å². The molecule has 15 nitrogen and oxygen atoms in total. The van der Waals surface area contributed by atoms with Crippen molar-refractivity contribution >= 4 is 22.0 Å². The fourth-order valence-electron chi connectivity index (χ4n) is 2.88. The van der Waals surface area contributed by atoms with Crippen LogP contribution in [-0.2, 0) is 37.0 Å². The quantitative estimate of drug-likeness (QED) is 0.193. The van der Waals surface area contributed by atoms with E-state index in [2.05, 4.69) is 14.8 Å². The SMILES string of the molecule is CC(=O)NCCOP(=O)(O)OCCOC[C@H]1O[C@@H](n2cc(C)c(=O)[nH]c2=O)C[C@@H]1O[P+](=O)O. The first kappa shape index (κ1) is 27.4. The molecule has 2 unspecified atom stereocenters. The van der Waals surface area contributed by atoms with Gasteiger partial charge in [-0.1, -0.05) is 0 Å². The largest absolute Gasteiger partial charge is 0.695 e. The molecule has 0 aromatic carbocycles. The summed E-state index contributed by atoms with van der Waals surface area (Å²) < 4.78 is 49.4. The first-order chi connectivity index (χ1) is 15.5. The molecule has 186 valence electrons. The summed E-state index contributed by atoms with van der Waals surface area (Å²) >= 11 is 0. The van der Waals surface area contributed by atoms with Gasteiger partial charge in [0.05, 0.1) is 26.4 Å². The second kappa shape index (κ2) is 12.6. The summed E-state index contributed by atoms with van der Waals surface area (Å²) in [6.45, 7) is 1.98. The van der Waals surface area contributed by atoms with Crippen LogP contribution in [0.1, 0.15) is 25.1 Å². The van der Waals surface area contributed by atoms with Crippen molar-refractivity contribution in [3.05, 3.63) is 32.6 Å². The number of carbonyl (C=O) groups is 1. The summed E-state index contributed by atoms with van der Waals surface area (Å²) in [5.74, 6) is -0.314. The number of hydrogen-bond acceptors (Lipinski definition) is 10. The van der Waals surface area contributed by atoms with E-state index in [4.69, 9.17) is 23.4 Å². The van der Waals surface area contributed by atoms with E-state index in [-0.39, 0.29) is 50.9 Å². The van der Waals surface area contributed by atoms with E-state index >= 15 is 0 Å². The Kier molecular flexibility index (Phi) is 10.5. The van der Waals surface area contributed by atoms with Crippen molar-refractivity contribution in [2.45, 2.75) is 38.7 Å². The van der Waals surface area contributed by atoms with E-state index < -0.39 is 45.8 Å². The second-order valence-electron chi connectivity index (χ2n) is 6.92. The van der Waals surface area contributed by atoms with Crippen LogP contribution in [-0.4, -0.2) is 70.4 Å². The Morgan fingerprint density at radius 1 is 1.36 bits per heavy atom. The van der Waals surface area contributed by atoms with E-state index in [9.17, 15) is 28.4 Å². The minimum atomic E-state index is -4.34. The number of phosphoric acid groups is 1. The molecule has 0 bridgehead atoms. The van der Waals surface area contributed by atoms with Crippen LogP contribution >= 0.6 is 16.1 Å². The molecule has 2 rings (SSSR count). The monoisotopic (exact) mass is 514 g/mol. The fraction of sp³-hybridized carbons (Fsp3) is 0.688. The van der Waals surface area contributed by atoms with Crippen molar-refractivity contribution in [2.75, 3.05) is 33.0 Å². The highest BCUT2D eigenvalue weighted by Gasteiger charge is 2.42. The highest BCUT2D eigenvalue weighted by atomic mass is 31.2. The highest BCUT2D eigenvalue weighted by Crippen LogP contribution is 2.42. The number of carbonyl (C=O) groups excluding carboxylic acids is 1. The fourth-order valence-corrected chi connectivity index (χ4v) is 4.04. The van der Waals surface area contributed by atoms with E-state index in [1.54, 1.807) is 0 Å². The first-order valence-corrected chi connectivity index (χ1v) is 12.4. The number of phosphoric ester groups is 1. The zero-order chi connectivity index (χ0) is 24.6. The molecule has 1 aromatic heterocycles. The molecule has 0 radical (unpaired) electrons. The Hall–Kier alpha value is -1.80. The maximum atomic E-state index is 12.1. The molecule has 17 heteroatoms. The predicted molar refractivity (Wildman–Crippen MR) is 111 cm³/mol. The van der Waals surface area contributed by atoms with Crippen LogP contribution in [0, 0.1) is 6.92 Å². The maximum Gasteiger partial charge on any atom is 0.695 e. The zero-order valence-electron chi connectivity index (χ0n) is 17.9. The smallest absolute Gasteiger partial charge is 0.376 e. The lowest BCUT2D eigenvalue weighted by molar-refractivity contribution is -0.119. The van der Waals surface area contributed by atoms with Crippen LogP contribution in [0.25, 0.3) is 0 Å². The summed E-state index contributed by atoms with van der Waals surface area (Å²) in [5, 5.41) is 2.39. The van der Waals surface area contributed by atoms with Crippen molar-refractivity contribution in [1.29, 1.82) is 0 Å². The third kappa shape index (κ3) is 9.16. The summed E-state index contributed by atoms with van der Waals surface area (Å²) in [6.07, 6.45) is -1.29. The maximum absolute atomic E-state index is 12.1. The van der Waals surface area contributed by atoms with Gasteiger partial charge in [0, 0.05) is 36.2 Å². The summed E-state index contributed by atoms with van der Waals surface area (Å²) in [6, 6.07) is 0. The van der Waals surface area contributed by atoms with Crippen LogP contribution in [0.4, 0.5) is 0 Å². The lowest BCUT2D eigenvalue weighted by Crippen LogP contribution is -2.33. The molecule has 1 fully saturated rings. The Morgan fingerprint density at radius 2 is 2.06 bits per heavy atom. The van der Waals surface area contributed by atoms with Crippen molar-refractivity contribution < 1.29 is 46.8 Å². The minimum absolute atomic E-state index is 0.0333. The van der Waals surface area contributed by atoms with Crippen molar-refractivity contribution in [2.24, 2.45) is 0 Å². The molecule has 1 aliphatic heterocycles. The van der Waals surface area contributed by atoms with Crippen molar-refractivity contribution in [3.8, 4) is 0 Å². The Bertz CT molecular complexity index is 996. The Labute approximate surface area is 188 Å². The molecule has 5 atom stereocenters. The number of aryl methyl sites for hydroxylation is 1. The molecule has 1 aliphatic rings. The van der Waals surface area contributed by atoms with Gasteiger partial charge in [0.2, 0.25) is 5.91 Å². The van der Waals surface area contributed by atoms with Gasteiger partial charge in [-0.25, -0.2) is 9.36 Å². The van der Waals surface area contributed by atoms with Crippen LogP contribution in [0.5, 0.6) is 0 Å². The molecule has 33 heavy (non-hydrogen) atoms. The number of ether oxygens (including phenoxy) is 2. The number of H-pyrrole nitrogens is 1. The van der Waals surface area contributed by atoms with Gasteiger partial charge in [0.15, 0.2) is 0 Å². The lowest BCUT2D eigenvalue weighted by Gasteiger charge is -2.17. The normalized spacial score (nSPS) is 22.7. The number of hydrogen-bond donors (Lipinski definition) is 4. The van der Waals surface area contributed by atoms with Gasteiger partial charge in [-0.05, 0) is 6.92 Å². The molecule has 0 aliphatic carbocycles. The molecular formula is C16H26N3O12P2+. The number of aromatic amines is 1. The zero-order valence-corrected chi connectivity index (χ0v) is 19.7.